The molecule has 2 aliphatic heterocycles. The van der Waals surface area contributed by atoms with Crippen LogP contribution in [0.2, 0.25) is 0 Å². The van der Waals surface area contributed by atoms with E-state index in [1.807, 2.05) is 6.07 Å². The van der Waals surface area contributed by atoms with E-state index in [4.69, 9.17) is 4.74 Å². The molecule has 2 saturated heterocycles. The number of fused-ring (bicyclic) bond motifs is 1. The maximum Gasteiger partial charge on any atom is 0.261 e. The average molecular weight is 459 g/mol. The van der Waals surface area contributed by atoms with Gasteiger partial charge in [-0.15, -0.1) is 11.3 Å². The summed E-state index contributed by atoms with van der Waals surface area (Å²) in [6, 6.07) is 10.4. The first-order valence-electron chi connectivity index (χ1n) is 11.3. The number of rotatable bonds is 7. The molecule has 170 valence electrons. The highest BCUT2D eigenvalue weighted by Crippen LogP contribution is 2.38. The number of thiophene rings is 1. The summed E-state index contributed by atoms with van der Waals surface area (Å²) in [6.07, 6.45) is 3.72. The first kappa shape index (κ1) is 21.7. The van der Waals surface area contributed by atoms with E-state index in [1.165, 1.54) is 11.1 Å². The third kappa shape index (κ3) is 4.77. The van der Waals surface area contributed by atoms with Crippen molar-refractivity contribution in [3.05, 3.63) is 42.0 Å². The van der Waals surface area contributed by atoms with Crippen LogP contribution in [-0.4, -0.2) is 66.7 Å². The Morgan fingerprint density at radius 1 is 1.09 bits per heavy atom. The highest BCUT2D eigenvalue weighted by Gasteiger charge is 2.37. The molecule has 2 aliphatic rings. The minimum absolute atomic E-state index is 0.0299. The number of likely N-dealkylation sites (tertiary alicyclic amines) is 1. The normalized spacial score (nSPS) is 19.8. The van der Waals surface area contributed by atoms with Crippen molar-refractivity contribution >= 4 is 27.4 Å². The molecule has 0 radical (unpaired) electrons. The van der Waals surface area contributed by atoms with Crippen molar-refractivity contribution in [3.8, 4) is 11.1 Å². The molecule has 8 heteroatoms. The molecule has 3 aromatic rings. The first-order valence-corrected chi connectivity index (χ1v) is 12.2. The fraction of sp³-hybridized carbons (Fsp3) is 0.500. The zero-order valence-corrected chi connectivity index (χ0v) is 18.9. The topological polar surface area (TPSA) is 41.5 Å². The maximum atomic E-state index is 13.3. The Balaban J connectivity index is 1.17. The summed E-state index contributed by atoms with van der Waals surface area (Å²) in [7, 11) is 0. The molecule has 0 unspecified atom stereocenters. The predicted octanol–water partition coefficient (Wildman–Crippen LogP) is 4.93. The van der Waals surface area contributed by atoms with Gasteiger partial charge in [-0.2, -0.15) is 0 Å². The van der Waals surface area contributed by atoms with E-state index in [-0.39, 0.29) is 13.0 Å². The molecule has 0 bridgehead atoms. The Kier molecular flexibility index (Phi) is 6.35. The second-order valence-electron chi connectivity index (χ2n) is 8.78. The Bertz CT molecular complexity index is 1040. The van der Waals surface area contributed by atoms with Crippen molar-refractivity contribution in [1.82, 2.24) is 14.9 Å². The number of hydrogen-bond donors (Lipinski definition) is 0. The van der Waals surface area contributed by atoms with Gasteiger partial charge in [0.25, 0.3) is 5.92 Å². The van der Waals surface area contributed by atoms with Crippen LogP contribution in [0.15, 0.2) is 42.0 Å². The summed E-state index contributed by atoms with van der Waals surface area (Å²) in [6.45, 7) is 4.02. The molecule has 0 atom stereocenters. The number of halogens is 2. The highest BCUT2D eigenvalue weighted by atomic mass is 32.1. The quantitative estimate of drug-likeness (QED) is 0.470. The predicted molar refractivity (Wildman–Crippen MR) is 125 cm³/mol. The lowest BCUT2D eigenvalue weighted by atomic mass is 9.97. The molecule has 0 aliphatic carbocycles. The molecule has 0 amide bonds. The molecular weight excluding hydrogens is 430 g/mol. The standard InChI is InChI=1S/C24H28F2N4OS/c25-24(26)8-11-29(16-24)12-13-31-14-18-6-9-30(10-7-18)22-21-20(19-4-2-1-3-5-19)15-32-23(21)28-17-27-22/h1-5,15,17-18H,6-14,16H2. The van der Waals surface area contributed by atoms with Gasteiger partial charge in [-0.25, -0.2) is 18.7 Å². The molecule has 0 saturated carbocycles. The van der Waals surface area contributed by atoms with E-state index in [0.717, 1.165) is 42.0 Å². The summed E-state index contributed by atoms with van der Waals surface area (Å²) in [5.74, 6) is -1.01. The second kappa shape index (κ2) is 9.37. The van der Waals surface area contributed by atoms with Crippen LogP contribution in [0, 0.1) is 5.92 Å². The van der Waals surface area contributed by atoms with Crippen LogP contribution in [0.1, 0.15) is 19.3 Å². The van der Waals surface area contributed by atoms with E-state index in [0.29, 0.717) is 32.2 Å². The molecule has 5 rings (SSSR count). The minimum atomic E-state index is -2.53. The lowest BCUT2D eigenvalue weighted by Gasteiger charge is -2.33. The van der Waals surface area contributed by atoms with Gasteiger partial charge < -0.3 is 9.64 Å². The van der Waals surface area contributed by atoms with Crippen LogP contribution in [-0.2, 0) is 4.74 Å². The second-order valence-corrected chi connectivity index (χ2v) is 9.64. The fourth-order valence-corrected chi connectivity index (χ4v) is 5.59. The minimum Gasteiger partial charge on any atom is -0.380 e. The number of alkyl halides is 2. The third-order valence-electron chi connectivity index (χ3n) is 6.50. The molecule has 2 fully saturated rings. The smallest absolute Gasteiger partial charge is 0.261 e. The molecule has 0 N–H and O–H groups in total. The number of hydrogen-bond acceptors (Lipinski definition) is 6. The Labute approximate surface area is 191 Å². The van der Waals surface area contributed by atoms with Crippen LogP contribution in [0.25, 0.3) is 21.3 Å². The van der Waals surface area contributed by atoms with Crippen LogP contribution in [0.5, 0.6) is 0 Å². The molecule has 1 aromatic carbocycles. The van der Waals surface area contributed by atoms with Crippen molar-refractivity contribution in [3.63, 3.8) is 0 Å². The molecule has 32 heavy (non-hydrogen) atoms. The highest BCUT2D eigenvalue weighted by molar-refractivity contribution is 7.17. The van der Waals surface area contributed by atoms with Gasteiger partial charge in [0.2, 0.25) is 0 Å². The van der Waals surface area contributed by atoms with Crippen LogP contribution < -0.4 is 4.90 Å². The Morgan fingerprint density at radius 2 is 1.91 bits per heavy atom. The Hall–Kier alpha value is -2.16. The van der Waals surface area contributed by atoms with E-state index >= 15 is 0 Å². The molecule has 0 spiro atoms. The molecular formula is C24H28F2N4OS. The Morgan fingerprint density at radius 3 is 2.66 bits per heavy atom. The summed E-state index contributed by atoms with van der Waals surface area (Å²) >= 11 is 1.66. The SMILES string of the molecule is FC1(F)CCN(CCOCC2CCN(c3ncnc4scc(-c5ccccc5)c34)CC2)C1. The monoisotopic (exact) mass is 458 g/mol. The largest absolute Gasteiger partial charge is 0.380 e. The van der Waals surface area contributed by atoms with Crippen molar-refractivity contribution in [2.45, 2.75) is 25.2 Å². The van der Waals surface area contributed by atoms with Gasteiger partial charge in [0.15, 0.2) is 0 Å². The van der Waals surface area contributed by atoms with Gasteiger partial charge in [0.05, 0.1) is 18.5 Å². The number of benzene rings is 1. The zero-order valence-electron chi connectivity index (χ0n) is 18.1. The van der Waals surface area contributed by atoms with Crippen LogP contribution >= 0.6 is 11.3 Å². The fourth-order valence-electron chi connectivity index (χ4n) is 4.68. The lowest BCUT2D eigenvalue weighted by Crippen LogP contribution is -2.36. The van der Waals surface area contributed by atoms with E-state index in [1.54, 1.807) is 22.6 Å². The van der Waals surface area contributed by atoms with Crippen molar-refractivity contribution < 1.29 is 13.5 Å². The molecule has 2 aromatic heterocycles. The summed E-state index contributed by atoms with van der Waals surface area (Å²) in [4.78, 5) is 14.4. The van der Waals surface area contributed by atoms with Gasteiger partial charge >= 0.3 is 0 Å². The van der Waals surface area contributed by atoms with Gasteiger partial charge in [0.1, 0.15) is 17.0 Å². The summed E-state index contributed by atoms with van der Waals surface area (Å²) in [5, 5.41) is 3.32. The van der Waals surface area contributed by atoms with Gasteiger partial charge in [-0.3, -0.25) is 4.90 Å². The third-order valence-corrected chi connectivity index (χ3v) is 7.39. The average Bonchev–Trinajstić information content (AvgIpc) is 3.40. The number of ether oxygens (including phenoxy) is 1. The van der Waals surface area contributed by atoms with E-state index in [9.17, 15) is 8.78 Å². The zero-order chi connectivity index (χ0) is 22.0. The van der Waals surface area contributed by atoms with Crippen LogP contribution in [0.4, 0.5) is 14.6 Å². The summed E-state index contributed by atoms with van der Waals surface area (Å²) < 4.78 is 32.4. The van der Waals surface area contributed by atoms with Crippen molar-refractivity contribution in [2.75, 3.05) is 50.8 Å². The van der Waals surface area contributed by atoms with Gasteiger partial charge in [-0.05, 0) is 24.3 Å². The number of piperidine rings is 1. The number of nitrogens with zero attached hydrogens (tertiary/aromatic N) is 4. The number of aromatic nitrogens is 2. The van der Waals surface area contributed by atoms with E-state index in [2.05, 4.69) is 44.5 Å². The van der Waals surface area contributed by atoms with Crippen LogP contribution in [0.3, 0.4) is 0 Å². The van der Waals surface area contributed by atoms with E-state index < -0.39 is 5.92 Å². The van der Waals surface area contributed by atoms with Crippen molar-refractivity contribution in [1.29, 1.82) is 0 Å². The molecule has 4 heterocycles. The number of anilines is 1. The maximum absolute atomic E-state index is 13.3. The van der Waals surface area contributed by atoms with Crippen molar-refractivity contribution in [2.24, 2.45) is 5.92 Å². The lowest BCUT2D eigenvalue weighted by molar-refractivity contribution is 0.00762. The molecule has 5 nitrogen and oxygen atoms in total. The van der Waals surface area contributed by atoms with Gasteiger partial charge in [0, 0.05) is 50.2 Å². The summed E-state index contributed by atoms with van der Waals surface area (Å²) in [5.41, 5.74) is 2.38. The van der Waals surface area contributed by atoms with Gasteiger partial charge in [-0.1, -0.05) is 30.3 Å². The first-order chi connectivity index (χ1) is 15.6.